The van der Waals surface area contributed by atoms with Gasteiger partial charge in [0.1, 0.15) is 17.3 Å². The van der Waals surface area contributed by atoms with E-state index in [4.69, 9.17) is 9.47 Å². The van der Waals surface area contributed by atoms with Crippen molar-refractivity contribution in [3.63, 3.8) is 0 Å². The summed E-state index contributed by atoms with van der Waals surface area (Å²) in [7, 11) is 0. The standard InChI is InChI=1S/C19H23N5O3/c1-14-22-16(18(25)21-13-15-4-2-3-7-20-15)12-17(23-14)24-8-5-19(6-9-24)26-10-11-27-19/h2-4,7,12H,5-6,8-11,13H2,1H3,(H,21,25). The maximum absolute atomic E-state index is 12.5. The zero-order valence-electron chi connectivity index (χ0n) is 15.4. The molecule has 1 spiro atoms. The Morgan fingerprint density at radius 2 is 2.00 bits per heavy atom. The molecule has 0 unspecified atom stereocenters. The average molecular weight is 369 g/mol. The zero-order chi connectivity index (χ0) is 18.7. The smallest absolute Gasteiger partial charge is 0.270 e. The monoisotopic (exact) mass is 369 g/mol. The van der Waals surface area contributed by atoms with Gasteiger partial charge in [-0.15, -0.1) is 0 Å². The fraction of sp³-hybridized carbons (Fsp3) is 0.474. The molecule has 2 aromatic heterocycles. The second-order valence-electron chi connectivity index (χ2n) is 6.76. The van der Waals surface area contributed by atoms with Crippen molar-refractivity contribution < 1.29 is 14.3 Å². The van der Waals surface area contributed by atoms with E-state index in [-0.39, 0.29) is 5.91 Å². The van der Waals surface area contributed by atoms with E-state index >= 15 is 0 Å². The Labute approximate surface area is 157 Å². The van der Waals surface area contributed by atoms with Crippen molar-refractivity contribution in [2.24, 2.45) is 0 Å². The third kappa shape index (κ3) is 4.06. The lowest BCUT2D eigenvalue weighted by Crippen LogP contribution is -2.45. The van der Waals surface area contributed by atoms with Crippen molar-refractivity contribution >= 4 is 11.7 Å². The van der Waals surface area contributed by atoms with Gasteiger partial charge in [0.25, 0.3) is 5.91 Å². The third-order valence-corrected chi connectivity index (χ3v) is 4.88. The highest BCUT2D eigenvalue weighted by Gasteiger charge is 2.40. The largest absolute Gasteiger partial charge is 0.356 e. The number of amides is 1. The van der Waals surface area contributed by atoms with Gasteiger partial charge in [-0.25, -0.2) is 9.97 Å². The van der Waals surface area contributed by atoms with Crippen LogP contribution in [0, 0.1) is 6.92 Å². The topological polar surface area (TPSA) is 89.5 Å². The number of pyridine rings is 1. The molecular weight excluding hydrogens is 346 g/mol. The maximum atomic E-state index is 12.5. The summed E-state index contributed by atoms with van der Waals surface area (Å²) >= 11 is 0. The van der Waals surface area contributed by atoms with E-state index in [1.54, 1.807) is 19.2 Å². The maximum Gasteiger partial charge on any atom is 0.270 e. The van der Waals surface area contributed by atoms with Crippen LogP contribution in [0.25, 0.3) is 0 Å². The highest BCUT2D eigenvalue weighted by Crippen LogP contribution is 2.32. The van der Waals surface area contributed by atoms with Crippen molar-refractivity contribution in [3.8, 4) is 0 Å². The normalized spacial score (nSPS) is 18.6. The van der Waals surface area contributed by atoms with Crippen LogP contribution in [0.15, 0.2) is 30.5 Å². The molecule has 8 nitrogen and oxygen atoms in total. The first-order valence-electron chi connectivity index (χ1n) is 9.20. The van der Waals surface area contributed by atoms with Gasteiger partial charge in [0.15, 0.2) is 5.79 Å². The van der Waals surface area contributed by atoms with E-state index in [9.17, 15) is 4.79 Å². The lowest BCUT2D eigenvalue weighted by molar-refractivity contribution is -0.169. The number of rotatable bonds is 4. The Morgan fingerprint density at radius 3 is 2.70 bits per heavy atom. The zero-order valence-corrected chi connectivity index (χ0v) is 15.4. The number of ether oxygens (including phenoxy) is 2. The summed E-state index contributed by atoms with van der Waals surface area (Å²) in [6, 6.07) is 7.35. The lowest BCUT2D eigenvalue weighted by atomic mass is 10.0. The van der Waals surface area contributed by atoms with E-state index in [0.29, 0.717) is 31.3 Å². The number of hydrogen-bond donors (Lipinski definition) is 1. The fourth-order valence-corrected chi connectivity index (χ4v) is 3.46. The molecule has 0 radical (unpaired) electrons. The van der Waals surface area contributed by atoms with Crippen LogP contribution in [0.4, 0.5) is 5.82 Å². The van der Waals surface area contributed by atoms with Crippen molar-refractivity contribution in [2.75, 3.05) is 31.2 Å². The van der Waals surface area contributed by atoms with Crippen molar-refractivity contribution in [1.29, 1.82) is 0 Å². The summed E-state index contributed by atoms with van der Waals surface area (Å²) in [6.07, 6.45) is 3.28. The molecule has 8 heteroatoms. The van der Waals surface area contributed by atoms with Crippen LogP contribution < -0.4 is 10.2 Å². The molecule has 1 N–H and O–H groups in total. The lowest BCUT2D eigenvalue weighted by Gasteiger charge is -2.38. The number of carbonyl (C=O) groups excluding carboxylic acids is 1. The Balaban J connectivity index is 1.42. The molecule has 0 saturated carbocycles. The number of carbonyl (C=O) groups is 1. The van der Waals surface area contributed by atoms with Crippen LogP contribution in [0.5, 0.6) is 0 Å². The van der Waals surface area contributed by atoms with Gasteiger partial charge >= 0.3 is 0 Å². The predicted molar refractivity (Wildman–Crippen MR) is 98.3 cm³/mol. The fourth-order valence-electron chi connectivity index (χ4n) is 3.46. The van der Waals surface area contributed by atoms with Crippen LogP contribution in [0.3, 0.4) is 0 Å². The van der Waals surface area contributed by atoms with Gasteiger partial charge in [0, 0.05) is 38.2 Å². The predicted octanol–water partition coefficient (Wildman–Crippen LogP) is 1.45. The summed E-state index contributed by atoms with van der Waals surface area (Å²) in [6.45, 7) is 5.02. The minimum Gasteiger partial charge on any atom is -0.356 e. The molecule has 4 heterocycles. The Hall–Kier alpha value is -2.58. The van der Waals surface area contributed by atoms with Gasteiger partial charge in [0.05, 0.1) is 25.5 Å². The minimum absolute atomic E-state index is 0.233. The van der Waals surface area contributed by atoms with Crippen molar-refractivity contribution in [3.05, 3.63) is 47.7 Å². The number of anilines is 1. The van der Waals surface area contributed by atoms with Crippen LogP contribution in [-0.2, 0) is 16.0 Å². The molecule has 0 aliphatic carbocycles. The Morgan fingerprint density at radius 1 is 1.22 bits per heavy atom. The molecule has 2 saturated heterocycles. The van der Waals surface area contributed by atoms with E-state index in [1.165, 1.54) is 0 Å². The third-order valence-electron chi connectivity index (χ3n) is 4.88. The van der Waals surface area contributed by atoms with Gasteiger partial charge in [-0.2, -0.15) is 0 Å². The first kappa shape index (κ1) is 17.8. The molecule has 0 bridgehead atoms. The molecule has 0 aromatic carbocycles. The highest BCUT2D eigenvalue weighted by molar-refractivity contribution is 5.92. The number of nitrogens with zero attached hydrogens (tertiary/aromatic N) is 4. The van der Waals surface area contributed by atoms with Gasteiger partial charge < -0.3 is 19.7 Å². The SMILES string of the molecule is Cc1nc(C(=O)NCc2ccccn2)cc(N2CCC3(CC2)OCCO3)n1. The van der Waals surface area contributed by atoms with Gasteiger partial charge in [-0.3, -0.25) is 9.78 Å². The summed E-state index contributed by atoms with van der Waals surface area (Å²) in [5.74, 6) is 0.674. The molecule has 142 valence electrons. The number of piperidine rings is 1. The van der Waals surface area contributed by atoms with Gasteiger partial charge in [-0.05, 0) is 19.1 Å². The average Bonchev–Trinajstić information content (AvgIpc) is 3.15. The molecule has 2 fully saturated rings. The minimum atomic E-state index is -0.429. The first-order chi connectivity index (χ1) is 13.1. The summed E-state index contributed by atoms with van der Waals surface area (Å²) in [5.41, 5.74) is 1.16. The van der Waals surface area contributed by atoms with Crippen molar-refractivity contribution in [2.45, 2.75) is 32.1 Å². The van der Waals surface area contributed by atoms with Crippen LogP contribution in [0.2, 0.25) is 0 Å². The van der Waals surface area contributed by atoms with Crippen LogP contribution in [-0.4, -0.2) is 52.9 Å². The molecule has 4 rings (SSSR count). The molecule has 2 aliphatic rings. The second kappa shape index (κ2) is 7.58. The number of hydrogen-bond acceptors (Lipinski definition) is 7. The molecule has 1 amide bonds. The summed E-state index contributed by atoms with van der Waals surface area (Å²) in [5, 5.41) is 2.86. The summed E-state index contributed by atoms with van der Waals surface area (Å²) in [4.78, 5) is 27.7. The summed E-state index contributed by atoms with van der Waals surface area (Å²) < 4.78 is 11.5. The van der Waals surface area contributed by atoms with Gasteiger partial charge in [-0.1, -0.05) is 6.07 Å². The number of nitrogens with one attached hydrogen (secondary N) is 1. The van der Waals surface area contributed by atoms with E-state index in [2.05, 4.69) is 25.2 Å². The number of aromatic nitrogens is 3. The molecule has 0 atom stereocenters. The van der Waals surface area contributed by atoms with E-state index < -0.39 is 5.79 Å². The van der Waals surface area contributed by atoms with Crippen LogP contribution in [0.1, 0.15) is 34.8 Å². The van der Waals surface area contributed by atoms with Gasteiger partial charge in [0.2, 0.25) is 0 Å². The van der Waals surface area contributed by atoms with E-state index in [0.717, 1.165) is 37.4 Å². The Bertz CT molecular complexity index is 798. The van der Waals surface area contributed by atoms with Crippen molar-refractivity contribution in [1.82, 2.24) is 20.3 Å². The molecular formula is C19H23N5O3. The second-order valence-corrected chi connectivity index (χ2v) is 6.76. The molecule has 2 aliphatic heterocycles. The number of aryl methyl sites for hydroxylation is 1. The van der Waals surface area contributed by atoms with E-state index in [1.807, 2.05) is 18.2 Å². The van der Waals surface area contributed by atoms with Crippen LogP contribution >= 0.6 is 0 Å². The first-order valence-corrected chi connectivity index (χ1v) is 9.20. The highest BCUT2D eigenvalue weighted by atomic mass is 16.7. The Kier molecular flexibility index (Phi) is 5.00. The molecule has 2 aromatic rings. The quantitative estimate of drug-likeness (QED) is 0.872. The molecule has 27 heavy (non-hydrogen) atoms.